The van der Waals surface area contributed by atoms with Crippen molar-refractivity contribution in [1.82, 2.24) is 29.8 Å². The van der Waals surface area contributed by atoms with Crippen LogP contribution in [0.5, 0.6) is 5.75 Å². The second-order valence-corrected chi connectivity index (χ2v) is 8.88. The molecule has 0 unspecified atom stereocenters. The Labute approximate surface area is 219 Å². The smallest absolute Gasteiger partial charge is 0.178 e. The standard InChI is InChI=1S/C27H18ClF2N7O/c1-38-21-12-24-27(33-13-21)23(4-5-31-24)32-14-26-35-34-25-3-2-22(36-37(25)26)17-6-15(8-19(29)10-17)16-7-18(28)11-20(30)9-16/h2-13H,14H2,1H3,(H,31,32). The summed E-state index contributed by atoms with van der Waals surface area (Å²) in [5.74, 6) is 0.159. The maximum absolute atomic E-state index is 14.6. The van der Waals surface area contributed by atoms with Crippen molar-refractivity contribution in [3.8, 4) is 28.1 Å². The summed E-state index contributed by atoms with van der Waals surface area (Å²) in [6.07, 6.45) is 3.30. The van der Waals surface area contributed by atoms with Crippen molar-refractivity contribution in [2.75, 3.05) is 12.4 Å². The van der Waals surface area contributed by atoms with Gasteiger partial charge in [0.25, 0.3) is 0 Å². The van der Waals surface area contributed by atoms with Crippen molar-refractivity contribution in [3.05, 3.63) is 95.5 Å². The first-order valence-electron chi connectivity index (χ1n) is 11.5. The number of nitrogens with zero attached hydrogens (tertiary/aromatic N) is 6. The molecule has 0 bridgehead atoms. The van der Waals surface area contributed by atoms with Crippen molar-refractivity contribution in [1.29, 1.82) is 0 Å². The van der Waals surface area contributed by atoms with Crippen LogP contribution in [0.15, 0.2) is 73.1 Å². The topological polar surface area (TPSA) is 90.1 Å². The molecule has 4 aromatic heterocycles. The molecule has 188 valence electrons. The predicted octanol–water partition coefficient (Wildman–Crippen LogP) is 5.95. The average Bonchev–Trinajstić information content (AvgIpc) is 3.32. The van der Waals surface area contributed by atoms with Crippen molar-refractivity contribution >= 4 is 34.0 Å². The molecule has 0 fully saturated rings. The number of ether oxygens (including phenoxy) is 1. The number of methoxy groups -OCH3 is 1. The maximum Gasteiger partial charge on any atom is 0.178 e. The Morgan fingerprint density at radius 2 is 1.68 bits per heavy atom. The van der Waals surface area contributed by atoms with E-state index in [9.17, 15) is 8.78 Å². The van der Waals surface area contributed by atoms with Crippen LogP contribution in [0.2, 0.25) is 5.02 Å². The second-order valence-electron chi connectivity index (χ2n) is 8.45. The third-order valence-electron chi connectivity index (χ3n) is 5.94. The highest BCUT2D eigenvalue weighted by Crippen LogP contribution is 2.30. The van der Waals surface area contributed by atoms with Gasteiger partial charge < -0.3 is 10.1 Å². The third kappa shape index (κ3) is 4.57. The van der Waals surface area contributed by atoms with Gasteiger partial charge in [0.05, 0.1) is 36.7 Å². The molecule has 8 nitrogen and oxygen atoms in total. The number of hydrogen-bond acceptors (Lipinski definition) is 7. The molecule has 0 atom stereocenters. The highest BCUT2D eigenvalue weighted by atomic mass is 35.5. The van der Waals surface area contributed by atoms with Crippen LogP contribution in [0.3, 0.4) is 0 Å². The van der Waals surface area contributed by atoms with Gasteiger partial charge in [-0.25, -0.2) is 13.8 Å². The first-order chi connectivity index (χ1) is 18.5. The number of rotatable bonds is 6. The molecule has 6 rings (SSSR count). The van der Waals surface area contributed by atoms with Crippen LogP contribution in [0.4, 0.5) is 14.5 Å². The molecule has 11 heteroatoms. The van der Waals surface area contributed by atoms with E-state index in [0.717, 1.165) is 5.69 Å². The highest BCUT2D eigenvalue weighted by molar-refractivity contribution is 6.30. The molecule has 0 saturated heterocycles. The van der Waals surface area contributed by atoms with Gasteiger partial charge in [0.2, 0.25) is 0 Å². The Morgan fingerprint density at radius 3 is 2.50 bits per heavy atom. The van der Waals surface area contributed by atoms with E-state index >= 15 is 0 Å². The minimum Gasteiger partial charge on any atom is -0.495 e. The lowest BCUT2D eigenvalue weighted by Crippen LogP contribution is -2.07. The maximum atomic E-state index is 14.6. The van der Waals surface area contributed by atoms with E-state index in [1.54, 1.807) is 54.4 Å². The summed E-state index contributed by atoms with van der Waals surface area (Å²) in [6.45, 7) is 0.292. The fourth-order valence-electron chi connectivity index (χ4n) is 4.16. The SMILES string of the molecule is COc1cnc2c(NCc3nnc4ccc(-c5cc(F)cc(-c6cc(F)cc(Cl)c6)c5)nn34)ccnc2c1. The Bertz CT molecular complexity index is 1810. The van der Waals surface area contributed by atoms with Crippen LogP contribution in [0.1, 0.15) is 5.82 Å². The molecule has 4 heterocycles. The van der Waals surface area contributed by atoms with Crippen molar-refractivity contribution in [3.63, 3.8) is 0 Å². The Morgan fingerprint density at radius 1 is 0.895 bits per heavy atom. The van der Waals surface area contributed by atoms with Crippen molar-refractivity contribution in [2.45, 2.75) is 6.54 Å². The molecule has 38 heavy (non-hydrogen) atoms. The Balaban J connectivity index is 1.33. The zero-order valence-electron chi connectivity index (χ0n) is 19.9. The summed E-state index contributed by atoms with van der Waals surface area (Å²) in [5.41, 5.74) is 4.58. The van der Waals surface area contributed by atoms with Gasteiger partial charge in [0.1, 0.15) is 22.9 Å². The van der Waals surface area contributed by atoms with E-state index in [-0.39, 0.29) is 5.02 Å². The van der Waals surface area contributed by atoms with Gasteiger partial charge in [0.15, 0.2) is 11.5 Å². The number of benzene rings is 2. The minimum atomic E-state index is -0.504. The molecule has 6 aromatic rings. The van der Waals surface area contributed by atoms with Gasteiger partial charge in [-0.15, -0.1) is 10.2 Å². The third-order valence-corrected chi connectivity index (χ3v) is 6.16. The fraction of sp³-hybridized carbons (Fsp3) is 0.0741. The van der Waals surface area contributed by atoms with Crippen molar-refractivity contribution < 1.29 is 13.5 Å². The van der Waals surface area contributed by atoms with Gasteiger partial charge in [-0.1, -0.05) is 11.6 Å². The predicted molar refractivity (Wildman–Crippen MR) is 140 cm³/mol. The first-order valence-corrected chi connectivity index (χ1v) is 11.9. The second kappa shape index (κ2) is 9.64. The molecular weight excluding hydrogens is 512 g/mol. The zero-order chi connectivity index (χ0) is 26.2. The van der Waals surface area contributed by atoms with Gasteiger partial charge in [-0.05, 0) is 65.7 Å². The lowest BCUT2D eigenvalue weighted by atomic mass is 10.0. The fourth-order valence-corrected chi connectivity index (χ4v) is 4.38. The van der Waals surface area contributed by atoms with Gasteiger partial charge in [-0.3, -0.25) is 4.98 Å². The zero-order valence-corrected chi connectivity index (χ0v) is 20.6. The summed E-state index contributed by atoms with van der Waals surface area (Å²) in [6, 6.07) is 15.6. The van der Waals surface area contributed by atoms with Crippen molar-refractivity contribution in [2.24, 2.45) is 0 Å². The quantitative estimate of drug-likeness (QED) is 0.285. The molecule has 2 aromatic carbocycles. The van der Waals surface area contributed by atoms with Gasteiger partial charge in [-0.2, -0.15) is 9.61 Å². The largest absolute Gasteiger partial charge is 0.495 e. The van der Waals surface area contributed by atoms with Crippen LogP contribution in [-0.2, 0) is 6.54 Å². The summed E-state index contributed by atoms with van der Waals surface area (Å²) in [5, 5.41) is 16.6. The summed E-state index contributed by atoms with van der Waals surface area (Å²) in [7, 11) is 1.57. The summed E-state index contributed by atoms with van der Waals surface area (Å²) >= 11 is 6.00. The number of halogens is 3. The molecule has 0 saturated carbocycles. The van der Waals surface area contributed by atoms with Gasteiger partial charge >= 0.3 is 0 Å². The van der Waals surface area contributed by atoms with E-state index < -0.39 is 11.6 Å². The van der Waals surface area contributed by atoms with Crippen LogP contribution in [0, 0.1) is 11.6 Å². The Kier molecular flexibility index (Phi) is 6.01. The number of anilines is 1. The normalized spacial score (nSPS) is 11.3. The van der Waals surface area contributed by atoms with E-state index in [2.05, 4.69) is 30.6 Å². The van der Waals surface area contributed by atoms with E-state index in [4.69, 9.17) is 16.3 Å². The van der Waals surface area contributed by atoms with E-state index in [0.29, 0.717) is 57.2 Å². The molecule has 0 spiro atoms. The number of fused-ring (bicyclic) bond motifs is 2. The highest BCUT2D eigenvalue weighted by Gasteiger charge is 2.13. The van der Waals surface area contributed by atoms with Crippen LogP contribution in [-0.4, -0.2) is 36.9 Å². The van der Waals surface area contributed by atoms with Gasteiger partial charge in [0, 0.05) is 22.8 Å². The lowest BCUT2D eigenvalue weighted by molar-refractivity contribution is 0.413. The van der Waals surface area contributed by atoms with E-state index in [1.165, 1.54) is 24.3 Å². The number of hydrogen-bond donors (Lipinski definition) is 1. The number of pyridine rings is 2. The molecule has 0 aliphatic heterocycles. The van der Waals surface area contributed by atoms with E-state index in [1.807, 2.05) is 6.07 Å². The van der Waals surface area contributed by atoms with Crippen LogP contribution >= 0.6 is 11.6 Å². The molecule has 0 radical (unpaired) electrons. The lowest BCUT2D eigenvalue weighted by Gasteiger charge is -2.10. The summed E-state index contributed by atoms with van der Waals surface area (Å²) in [4.78, 5) is 8.79. The molecule has 0 amide bonds. The number of nitrogens with one attached hydrogen (secondary N) is 1. The monoisotopic (exact) mass is 529 g/mol. The number of aromatic nitrogens is 6. The van der Waals surface area contributed by atoms with Crippen LogP contribution < -0.4 is 10.1 Å². The Hall–Kier alpha value is -4.70. The molecule has 1 N–H and O–H groups in total. The minimum absolute atomic E-state index is 0.225. The molecule has 0 aliphatic rings. The molecular formula is C27H18ClF2N7O. The summed E-state index contributed by atoms with van der Waals surface area (Å²) < 4.78 is 35.3. The first kappa shape index (κ1) is 23.7. The van der Waals surface area contributed by atoms with Crippen LogP contribution in [0.25, 0.3) is 39.1 Å². The average molecular weight is 530 g/mol. The molecule has 0 aliphatic carbocycles.